The van der Waals surface area contributed by atoms with E-state index in [1.54, 1.807) is 6.08 Å². The van der Waals surface area contributed by atoms with Crippen molar-refractivity contribution in [2.24, 2.45) is 5.73 Å². The van der Waals surface area contributed by atoms with E-state index in [4.69, 9.17) is 5.73 Å². The van der Waals surface area contributed by atoms with Crippen molar-refractivity contribution in [3.8, 4) is 0 Å². The molecule has 0 saturated heterocycles. The molecule has 0 aliphatic heterocycles. The maximum absolute atomic E-state index is 5.40. The standard InChI is InChI=1S/C14H19N.2H2/c1-11(2)6-7-12(3)10-13(4)8-9-14(5)15;;/h6-9H,1,3-5,10,15H2,2H3;2*1H/b7-6-,9-8-;;. The summed E-state index contributed by atoms with van der Waals surface area (Å²) in [5.74, 6) is 0. The van der Waals surface area contributed by atoms with Gasteiger partial charge in [-0.15, -0.1) is 0 Å². The molecule has 0 unspecified atom stereocenters. The Kier molecular flexibility index (Phi) is 5.88. The van der Waals surface area contributed by atoms with Crippen molar-refractivity contribution >= 4 is 0 Å². The Morgan fingerprint density at radius 1 is 1.00 bits per heavy atom. The van der Waals surface area contributed by atoms with Crippen molar-refractivity contribution in [1.82, 2.24) is 0 Å². The lowest BCUT2D eigenvalue weighted by molar-refractivity contribution is 1.22. The highest BCUT2D eigenvalue weighted by Crippen LogP contribution is 2.11. The number of hydrogen-bond acceptors (Lipinski definition) is 1. The second-order valence-corrected chi connectivity index (χ2v) is 3.58. The zero-order valence-electron chi connectivity index (χ0n) is 9.42. The molecule has 0 spiro atoms. The van der Waals surface area contributed by atoms with Gasteiger partial charge < -0.3 is 5.73 Å². The third kappa shape index (κ3) is 8.57. The molecule has 0 heterocycles. The van der Waals surface area contributed by atoms with E-state index in [1.165, 1.54) is 0 Å². The van der Waals surface area contributed by atoms with Crippen LogP contribution in [-0.2, 0) is 0 Å². The smallest absolute Gasteiger partial charge is 0.0241 e. The summed E-state index contributed by atoms with van der Waals surface area (Å²) in [4.78, 5) is 0. The van der Waals surface area contributed by atoms with Crippen LogP contribution in [0.2, 0.25) is 0 Å². The second kappa shape index (κ2) is 6.66. The van der Waals surface area contributed by atoms with Crippen LogP contribution in [0.4, 0.5) is 0 Å². The van der Waals surface area contributed by atoms with E-state index in [-0.39, 0.29) is 2.85 Å². The molecule has 1 heteroatoms. The fourth-order valence-electron chi connectivity index (χ4n) is 0.895. The SMILES string of the molecule is C=C(C)/C=C\C(=C)CC(=C)/C=C\C(=C)N.[HH].[HH]. The van der Waals surface area contributed by atoms with Crippen LogP contribution in [0.5, 0.6) is 0 Å². The van der Waals surface area contributed by atoms with Gasteiger partial charge in [-0.1, -0.05) is 61.3 Å². The van der Waals surface area contributed by atoms with Gasteiger partial charge in [0.05, 0.1) is 0 Å². The van der Waals surface area contributed by atoms with E-state index >= 15 is 0 Å². The van der Waals surface area contributed by atoms with Crippen molar-refractivity contribution in [2.45, 2.75) is 13.3 Å². The Labute approximate surface area is 95.7 Å². The van der Waals surface area contributed by atoms with E-state index in [1.807, 2.05) is 25.2 Å². The van der Waals surface area contributed by atoms with Crippen LogP contribution >= 0.6 is 0 Å². The minimum atomic E-state index is 0. The Bertz CT molecular complexity index is 315. The third-order valence-electron chi connectivity index (χ3n) is 1.59. The van der Waals surface area contributed by atoms with Crippen LogP contribution in [0.1, 0.15) is 16.2 Å². The highest BCUT2D eigenvalue weighted by atomic mass is 14.5. The van der Waals surface area contributed by atoms with Crippen LogP contribution in [0.3, 0.4) is 0 Å². The van der Waals surface area contributed by atoms with Crippen molar-refractivity contribution in [1.29, 1.82) is 0 Å². The summed E-state index contributed by atoms with van der Waals surface area (Å²) in [6.45, 7) is 17.1. The number of nitrogens with two attached hydrogens (primary N) is 1. The molecule has 2 N–H and O–H groups in total. The van der Waals surface area contributed by atoms with Crippen molar-refractivity contribution in [2.75, 3.05) is 0 Å². The molecule has 0 aromatic heterocycles. The van der Waals surface area contributed by atoms with Gasteiger partial charge in [0.2, 0.25) is 0 Å². The van der Waals surface area contributed by atoms with Crippen LogP contribution in [0.15, 0.2) is 73.0 Å². The number of hydrogen-bond donors (Lipinski definition) is 1. The first kappa shape index (κ1) is 13.2. The van der Waals surface area contributed by atoms with Crippen molar-refractivity contribution in [3.63, 3.8) is 0 Å². The Morgan fingerprint density at radius 2 is 1.47 bits per heavy atom. The largest absolute Gasteiger partial charge is 0.399 e. The Balaban J connectivity index is -0.000000980. The molecular formula is C14H23N. The lowest BCUT2D eigenvalue weighted by Gasteiger charge is -2.00. The highest BCUT2D eigenvalue weighted by Gasteiger charge is 1.91. The molecule has 0 rings (SSSR count). The molecule has 0 bridgehead atoms. The average molecular weight is 205 g/mol. The minimum absolute atomic E-state index is 0. The first-order valence-electron chi connectivity index (χ1n) is 4.73. The topological polar surface area (TPSA) is 26.0 Å². The lowest BCUT2D eigenvalue weighted by Crippen LogP contribution is -1.89. The summed E-state index contributed by atoms with van der Waals surface area (Å²) in [6, 6.07) is 0. The maximum atomic E-state index is 5.40. The summed E-state index contributed by atoms with van der Waals surface area (Å²) in [5.41, 5.74) is 8.89. The van der Waals surface area contributed by atoms with Gasteiger partial charge in [-0.25, -0.2) is 0 Å². The molecule has 0 aliphatic rings. The van der Waals surface area contributed by atoms with Crippen molar-refractivity contribution < 1.29 is 2.85 Å². The monoisotopic (exact) mass is 205 g/mol. The fourth-order valence-corrected chi connectivity index (χ4v) is 0.895. The summed E-state index contributed by atoms with van der Waals surface area (Å²) < 4.78 is 0. The van der Waals surface area contributed by atoms with Gasteiger partial charge in [0.25, 0.3) is 0 Å². The van der Waals surface area contributed by atoms with Crippen LogP contribution in [-0.4, -0.2) is 0 Å². The maximum Gasteiger partial charge on any atom is 0.0241 e. The van der Waals surface area contributed by atoms with E-state index in [0.717, 1.165) is 23.1 Å². The molecule has 1 nitrogen and oxygen atoms in total. The first-order chi connectivity index (χ1) is 6.91. The molecule has 0 saturated carbocycles. The van der Waals surface area contributed by atoms with Gasteiger partial charge >= 0.3 is 0 Å². The summed E-state index contributed by atoms with van der Waals surface area (Å²) in [7, 11) is 0. The molecule has 0 amide bonds. The third-order valence-corrected chi connectivity index (χ3v) is 1.59. The average Bonchev–Trinajstić information content (AvgIpc) is 2.11. The molecule has 0 aromatic rings. The van der Waals surface area contributed by atoms with Crippen LogP contribution in [0, 0.1) is 0 Å². The molecule has 0 atom stereocenters. The van der Waals surface area contributed by atoms with Crippen LogP contribution in [0.25, 0.3) is 0 Å². The Morgan fingerprint density at radius 3 is 1.87 bits per heavy atom. The summed E-state index contributed by atoms with van der Waals surface area (Å²) in [5, 5.41) is 0. The molecule has 0 radical (unpaired) electrons. The number of allylic oxidation sites excluding steroid dienone is 7. The zero-order valence-corrected chi connectivity index (χ0v) is 9.42. The van der Waals surface area contributed by atoms with E-state index < -0.39 is 0 Å². The molecule has 0 fully saturated rings. The van der Waals surface area contributed by atoms with Gasteiger partial charge in [0.15, 0.2) is 0 Å². The van der Waals surface area contributed by atoms with Gasteiger partial charge in [-0.2, -0.15) is 0 Å². The summed E-state index contributed by atoms with van der Waals surface area (Å²) in [6.07, 6.45) is 8.19. The molecule has 0 aliphatic carbocycles. The Hall–Kier alpha value is -1.76. The second-order valence-electron chi connectivity index (χ2n) is 3.58. The van der Waals surface area contributed by atoms with Gasteiger partial charge in [0.1, 0.15) is 0 Å². The van der Waals surface area contributed by atoms with Gasteiger partial charge in [-0.3, -0.25) is 0 Å². The highest BCUT2D eigenvalue weighted by molar-refractivity contribution is 5.31. The fraction of sp³-hybridized carbons (Fsp3) is 0.143. The first-order valence-corrected chi connectivity index (χ1v) is 4.73. The normalized spacial score (nSPS) is 10.7. The quantitative estimate of drug-likeness (QED) is 0.648. The molecular weight excluding hydrogens is 182 g/mol. The van der Waals surface area contributed by atoms with Gasteiger partial charge in [-0.05, 0) is 19.4 Å². The van der Waals surface area contributed by atoms with Crippen molar-refractivity contribution in [3.05, 3.63) is 73.0 Å². The zero-order chi connectivity index (χ0) is 11.8. The van der Waals surface area contributed by atoms with E-state index in [9.17, 15) is 0 Å². The molecule has 84 valence electrons. The van der Waals surface area contributed by atoms with E-state index in [2.05, 4.69) is 26.3 Å². The van der Waals surface area contributed by atoms with Gasteiger partial charge in [0, 0.05) is 8.55 Å². The van der Waals surface area contributed by atoms with E-state index in [0.29, 0.717) is 5.70 Å². The predicted molar refractivity (Wildman–Crippen MR) is 73.5 cm³/mol. The van der Waals surface area contributed by atoms with Crippen LogP contribution < -0.4 is 5.73 Å². The number of rotatable bonds is 6. The summed E-state index contributed by atoms with van der Waals surface area (Å²) >= 11 is 0. The minimum Gasteiger partial charge on any atom is -0.399 e. The molecule has 0 aromatic carbocycles. The predicted octanol–water partition coefficient (Wildman–Crippen LogP) is 4.14. The molecule has 15 heavy (non-hydrogen) atoms. The lowest BCUT2D eigenvalue weighted by atomic mass is 10.1.